The molecule has 1 rings (SSSR count). The Bertz CT molecular complexity index is 566. The van der Waals surface area contributed by atoms with Crippen LogP contribution < -0.4 is 5.32 Å². The van der Waals surface area contributed by atoms with Crippen molar-refractivity contribution < 1.29 is 28.6 Å². The summed E-state index contributed by atoms with van der Waals surface area (Å²) in [5.41, 5.74) is -0.586. The molecule has 2 N–H and O–H groups in total. The van der Waals surface area contributed by atoms with E-state index in [0.29, 0.717) is 0 Å². The molecule has 7 heteroatoms. The maximum atomic E-state index is 14.1. The van der Waals surface area contributed by atoms with Gasteiger partial charge in [-0.1, -0.05) is 0 Å². The lowest BCUT2D eigenvalue weighted by atomic mass is 10.0. The number of halogens is 1. The molecule has 122 valence electrons. The average Bonchev–Trinajstić information content (AvgIpc) is 2.35. The number of ether oxygens (including phenoxy) is 2. The van der Waals surface area contributed by atoms with E-state index in [1.54, 1.807) is 20.8 Å². The van der Waals surface area contributed by atoms with Crippen molar-refractivity contribution in [1.82, 2.24) is 0 Å². The molecular weight excluding hydrogens is 293 g/mol. The monoisotopic (exact) mass is 313 g/mol. The molecule has 0 bridgehead atoms. The lowest BCUT2D eigenvalue weighted by Gasteiger charge is -2.20. The number of carbonyl (C=O) groups is 2. The number of carbonyl (C=O) groups excluding carboxylic acids is 2. The number of anilines is 1. The predicted molar refractivity (Wildman–Crippen MR) is 78.4 cm³/mol. The van der Waals surface area contributed by atoms with Crippen LogP contribution in [0.2, 0.25) is 0 Å². The molecule has 0 heterocycles. The molecule has 0 aromatic heterocycles. The molecule has 1 aromatic rings. The van der Waals surface area contributed by atoms with Crippen LogP contribution in [-0.4, -0.2) is 36.5 Å². The largest absolute Gasteiger partial charge is 0.465 e. The van der Waals surface area contributed by atoms with E-state index < -0.39 is 23.5 Å². The molecule has 0 aliphatic heterocycles. The first-order valence-electron chi connectivity index (χ1n) is 6.69. The van der Waals surface area contributed by atoms with Gasteiger partial charge in [0.25, 0.3) is 0 Å². The Kier molecular flexibility index (Phi) is 5.87. The lowest BCUT2D eigenvalue weighted by molar-refractivity contribution is 0.0592. The van der Waals surface area contributed by atoms with E-state index in [4.69, 9.17) is 9.84 Å². The molecule has 0 spiro atoms. The molecule has 0 atom stereocenters. The van der Waals surface area contributed by atoms with Gasteiger partial charge in [0.15, 0.2) is 0 Å². The third-order valence-corrected chi connectivity index (χ3v) is 2.59. The molecular formula is C15H20FNO5. The summed E-state index contributed by atoms with van der Waals surface area (Å²) in [6.07, 6.45) is -0.696. The summed E-state index contributed by atoms with van der Waals surface area (Å²) in [7, 11) is 1.14. The van der Waals surface area contributed by atoms with Crippen molar-refractivity contribution in [2.45, 2.75) is 32.8 Å². The molecule has 0 aliphatic rings. The van der Waals surface area contributed by atoms with E-state index in [-0.39, 0.29) is 29.8 Å². The molecule has 0 aliphatic carbocycles. The van der Waals surface area contributed by atoms with Gasteiger partial charge in [0.1, 0.15) is 11.4 Å². The third kappa shape index (κ3) is 5.00. The van der Waals surface area contributed by atoms with Crippen LogP contribution in [0.4, 0.5) is 14.9 Å². The number of aliphatic hydroxyl groups excluding tert-OH is 1. The first-order chi connectivity index (χ1) is 10.2. The Morgan fingerprint density at radius 3 is 2.45 bits per heavy atom. The van der Waals surface area contributed by atoms with E-state index in [1.807, 2.05) is 0 Å². The number of esters is 1. The predicted octanol–water partition coefficient (Wildman–Crippen LogP) is 2.49. The van der Waals surface area contributed by atoms with Crippen molar-refractivity contribution in [3.63, 3.8) is 0 Å². The third-order valence-electron chi connectivity index (χ3n) is 2.59. The molecule has 0 saturated carbocycles. The Morgan fingerprint density at radius 1 is 1.32 bits per heavy atom. The molecule has 1 amide bonds. The summed E-state index contributed by atoms with van der Waals surface area (Å²) in [4.78, 5) is 23.3. The minimum absolute atomic E-state index is 0.0468. The SMILES string of the molecule is COC(=O)c1c(F)cc(NC(=O)OC(C)(C)C)cc1CCO. The summed E-state index contributed by atoms with van der Waals surface area (Å²) in [5.74, 6) is -1.69. The maximum Gasteiger partial charge on any atom is 0.412 e. The Labute approximate surface area is 128 Å². The molecule has 0 fully saturated rings. The summed E-state index contributed by atoms with van der Waals surface area (Å²) in [6, 6.07) is 2.40. The van der Waals surface area contributed by atoms with E-state index in [2.05, 4.69) is 10.1 Å². The number of amides is 1. The highest BCUT2D eigenvalue weighted by molar-refractivity contribution is 5.93. The van der Waals surface area contributed by atoms with Gasteiger partial charge in [0.05, 0.1) is 12.7 Å². The van der Waals surface area contributed by atoms with Crippen LogP contribution in [-0.2, 0) is 15.9 Å². The van der Waals surface area contributed by atoms with E-state index >= 15 is 0 Å². The molecule has 22 heavy (non-hydrogen) atoms. The average molecular weight is 313 g/mol. The second-order valence-electron chi connectivity index (χ2n) is 5.58. The molecule has 0 saturated heterocycles. The Morgan fingerprint density at radius 2 is 1.95 bits per heavy atom. The van der Waals surface area contributed by atoms with E-state index in [9.17, 15) is 14.0 Å². The van der Waals surface area contributed by atoms with Crippen LogP contribution in [0.1, 0.15) is 36.7 Å². The van der Waals surface area contributed by atoms with Crippen LogP contribution in [0.15, 0.2) is 12.1 Å². The molecule has 0 radical (unpaired) electrons. The topological polar surface area (TPSA) is 84.9 Å². The van der Waals surface area contributed by atoms with E-state index in [0.717, 1.165) is 13.2 Å². The number of hydrogen-bond acceptors (Lipinski definition) is 5. The Balaban J connectivity index is 3.08. The number of hydrogen-bond donors (Lipinski definition) is 2. The number of rotatable bonds is 4. The fourth-order valence-corrected chi connectivity index (χ4v) is 1.81. The molecule has 1 aromatic carbocycles. The standard InChI is InChI=1S/C15H20FNO5/c1-15(2,3)22-14(20)17-10-7-9(5-6-18)12(11(16)8-10)13(19)21-4/h7-8,18H,5-6H2,1-4H3,(H,17,20). The van der Waals surface area contributed by atoms with Gasteiger partial charge in [-0.3, -0.25) is 5.32 Å². The highest BCUT2D eigenvalue weighted by atomic mass is 19.1. The van der Waals surface area contributed by atoms with Crippen molar-refractivity contribution in [3.8, 4) is 0 Å². The first-order valence-corrected chi connectivity index (χ1v) is 6.69. The maximum absolute atomic E-state index is 14.1. The number of benzene rings is 1. The quantitative estimate of drug-likeness (QED) is 0.834. The van der Waals surface area contributed by atoms with Gasteiger partial charge < -0.3 is 14.6 Å². The van der Waals surface area contributed by atoms with Crippen molar-refractivity contribution in [1.29, 1.82) is 0 Å². The van der Waals surface area contributed by atoms with Gasteiger partial charge in [0.2, 0.25) is 0 Å². The van der Waals surface area contributed by atoms with Gasteiger partial charge in [0, 0.05) is 12.3 Å². The Hall–Kier alpha value is -2.15. The second kappa shape index (κ2) is 7.22. The van der Waals surface area contributed by atoms with Crippen molar-refractivity contribution in [2.24, 2.45) is 0 Å². The fraction of sp³-hybridized carbons (Fsp3) is 0.467. The number of nitrogens with one attached hydrogen (secondary N) is 1. The first kappa shape index (κ1) is 17.9. The molecule has 6 nitrogen and oxygen atoms in total. The van der Waals surface area contributed by atoms with Crippen molar-refractivity contribution in [3.05, 3.63) is 29.1 Å². The molecule has 0 unspecified atom stereocenters. The van der Waals surface area contributed by atoms with Crippen LogP contribution in [0.25, 0.3) is 0 Å². The second-order valence-corrected chi connectivity index (χ2v) is 5.58. The van der Waals surface area contributed by atoms with Gasteiger partial charge in [-0.05, 0) is 44.9 Å². The zero-order valence-electron chi connectivity index (χ0n) is 13.0. The minimum atomic E-state index is -0.844. The van der Waals surface area contributed by atoms with Gasteiger partial charge in [-0.25, -0.2) is 14.0 Å². The van der Waals surface area contributed by atoms with Crippen molar-refractivity contribution in [2.75, 3.05) is 19.0 Å². The smallest absolute Gasteiger partial charge is 0.412 e. The normalized spacial score (nSPS) is 11.0. The lowest BCUT2D eigenvalue weighted by Crippen LogP contribution is -2.27. The van der Waals surface area contributed by atoms with E-state index in [1.165, 1.54) is 6.07 Å². The van der Waals surface area contributed by atoms with Crippen LogP contribution in [0, 0.1) is 5.82 Å². The van der Waals surface area contributed by atoms with Gasteiger partial charge in [-0.15, -0.1) is 0 Å². The number of methoxy groups -OCH3 is 1. The summed E-state index contributed by atoms with van der Waals surface area (Å²) in [6.45, 7) is 4.82. The van der Waals surface area contributed by atoms with Crippen LogP contribution in [0.5, 0.6) is 0 Å². The minimum Gasteiger partial charge on any atom is -0.465 e. The zero-order chi connectivity index (χ0) is 16.9. The summed E-state index contributed by atoms with van der Waals surface area (Å²) < 4.78 is 23.7. The van der Waals surface area contributed by atoms with Gasteiger partial charge in [-0.2, -0.15) is 0 Å². The van der Waals surface area contributed by atoms with Gasteiger partial charge >= 0.3 is 12.1 Å². The summed E-state index contributed by atoms with van der Waals surface area (Å²) in [5, 5.41) is 11.4. The highest BCUT2D eigenvalue weighted by Crippen LogP contribution is 2.22. The highest BCUT2D eigenvalue weighted by Gasteiger charge is 2.21. The zero-order valence-corrected chi connectivity index (χ0v) is 13.0. The fourth-order valence-electron chi connectivity index (χ4n) is 1.81. The summed E-state index contributed by atoms with van der Waals surface area (Å²) >= 11 is 0. The van der Waals surface area contributed by atoms with Crippen LogP contribution >= 0.6 is 0 Å². The number of aliphatic hydroxyl groups is 1. The van der Waals surface area contributed by atoms with Crippen LogP contribution in [0.3, 0.4) is 0 Å². The van der Waals surface area contributed by atoms with Crippen molar-refractivity contribution >= 4 is 17.7 Å².